The third-order valence-electron chi connectivity index (χ3n) is 4.06. The summed E-state index contributed by atoms with van der Waals surface area (Å²) in [5, 5.41) is 11.4. The standard InChI is InChI=1S/C21H21NO7/c1-26-19-10-14(7-9-21(24)25)6-8-17(19)28-13-20(23)22-11-15-12-27-16-4-2-3-5-18(16)29-15/h2-10,15H,11-13H2,1H3,(H,22,23)(H,24,25)/b9-7-/t15-/m1/s1. The van der Waals surface area contributed by atoms with Crippen LogP contribution in [0.4, 0.5) is 0 Å². The molecule has 1 amide bonds. The number of carbonyl (C=O) groups is 2. The Labute approximate surface area is 167 Å². The van der Waals surface area contributed by atoms with E-state index in [0.29, 0.717) is 35.2 Å². The van der Waals surface area contributed by atoms with Gasteiger partial charge in [0.2, 0.25) is 0 Å². The molecule has 1 aliphatic heterocycles. The number of nitrogens with one attached hydrogen (secondary N) is 1. The van der Waals surface area contributed by atoms with Crippen LogP contribution in [-0.4, -0.2) is 50.0 Å². The maximum absolute atomic E-state index is 12.1. The van der Waals surface area contributed by atoms with Gasteiger partial charge in [0.1, 0.15) is 12.7 Å². The van der Waals surface area contributed by atoms with E-state index in [0.717, 1.165) is 6.08 Å². The van der Waals surface area contributed by atoms with Crippen molar-refractivity contribution in [2.24, 2.45) is 0 Å². The Morgan fingerprint density at radius 1 is 1.21 bits per heavy atom. The second kappa shape index (κ2) is 9.50. The first-order valence-corrected chi connectivity index (χ1v) is 8.92. The number of carboxylic acids is 1. The van der Waals surface area contributed by atoms with E-state index in [2.05, 4.69) is 5.32 Å². The average Bonchev–Trinajstić information content (AvgIpc) is 2.74. The predicted molar refractivity (Wildman–Crippen MR) is 105 cm³/mol. The molecule has 2 aromatic rings. The second-order valence-electron chi connectivity index (χ2n) is 6.17. The Kier molecular flexibility index (Phi) is 6.57. The minimum Gasteiger partial charge on any atom is -0.493 e. The molecule has 1 atom stereocenters. The highest BCUT2D eigenvalue weighted by atomic mass is 16.6. The van der Waals surface area contributed by atoms with Crippen LogP contribution < -0.4 is 24.3 Å². The van der Waals surface area contributed by atoms with Crippen LogP contribution in [-0.2, 0) is 9.59 Å². The van der Waals surface area contributed by atoms with Crippen molar-refractivity contribution in [2.45, 2.75) is 6.10 Å². The van der Waals surface area contributed by atoms with Crippen molar-refractivity contribution >= 4 is 18.0 Å². The summed E-state index contributed by atoms with van der Waals surface area (Å²) in [6.45, 7) is 0.425. The largest absolute Gasteiger partial charge is 0.493 e. The molecule has 2 aromatic carbocycles. The van der Waals surface area contributed by atoms with Crippen molar-refractivity contribution in [2.75, 3.05) is 26.9 Å². The highest BCUT2D eigenvalue weighted by molar-refractivity contribution is 5.85. The molecule has 0 saturated heterocycles. The van der Waals surface area contributed by atoms with E-state index in [1.807, 2.05) is 24.3 Å². The van der Waals surface area contributed by atoms with E-state index in [4.69, 9.17) is 24.1 Å². The van der Waals surface area contributed by atoms with E-state index in [-0.39, 0.29) is 25.2 Å². The van der Waals surface area contributed by atoms with Crippen molar-refractivity contribution in [1.82, 2.24) is 5.32 Å². The lowest BCUT2D eigenvalue weighted by Crippen LogP contribution is -2.42. The number of aliphatic carboxylic acids is 1. The maximum atomic E-state index is 12.1. The Morgan fingerprint density at radius 2 is 2.00 bits per heavy atom. The number of benzene rings is 2. The highest BCUT2D eigenvalue weighted by Gasteiger charge is 2.21. The maximum Gasteiger partial charge on any atom is 0.328 e. The lowest BCUT2D eigenvalue weighted by atomic mass is 10.2. The summed E-state index contributed by atoms with van der Waals surface area (Å²) in [6.07, 6.45) is 2.17. The normalized spacial score (nSPS) is 15.0. The first kappa shape index (κ1) is 20.1. The number of para-hydroxylation sites is 2. The molecule has 8 heteroatoms. The summed E-state index contributed by atoms with van der Waals surface area (Å²) in [7, 11) is 1.46. The number of methoxy groups -OCH3 is 1. The average molecular weight is 399 g/mol. The molecule has 0 bridgehead atoms. The molecule has 1 aliphatic rings. The Bertz CT molecular complexity index is 910. The molecule has 3 rings (SSSR count). The summed E-state index contributed by atoms with van der Waals surface area (Å²) in [5.41, 5.74) is 0.635. The van der Waals surface area contributed by atoms with Gasteiger partial charge in [-0.1, -0.05) is 18.2 Å². The third-order valence-corrected chi connectivity index (χ3v) is 4.06. The van der Waals surface area contributed by atoms with Gasteiger partial charge in [-0.25, -0.2) is 4.79 Å². The molecule has 0 unspecified atom stereocenters. The molecular formula is C21H21NO7. The fourth-order valence-electron chi connectivity index (χ4n) is 2.66. The Morgan fingerprint density at radius 3 is 2.76 bits per heavy atom. The topological polar surface area (TPSA) is 103 Å². The van der Waals surface area contributed by atoms with E-state index in [1.54, 1.807) is 18.2 Å². The Hall–Kier alpha value is -3.68. The van der Waals surface area contributed by atoms with Crippen molar-refractivity contribution in [3.63, 3.8) is 0 Å². The summed E-state index contributed by atoms with van der Waals surface area (Å²) in [5.74, 6) is 0.747. The van der Waals surface area contributed by atoms with Crippen LogP contribution in [0, 0.1) is 0 Å². The number of hydrogen-bond acceptors (Lipinski definition) is 6. The smallest absolute Gasteiger partial charge is 0.328 e. The first-order chi connectivity index (χ1) is 14.0. The summed E-state index contributed by atoms with van der Waals surface area (Å²) in [6, 6.07) is 12.3. The van der Waals surface area contributed by atoms with Crippen molar-refractivity contribution in [1.29, 1.82) is 0 Å². The second-order valence-corrected chi connectivity index (χ2v) is 6.17. The monoisotopic (exact) mass is 399 g/mol. The van der Waals surface area contributed by atoms with Gasteiger partial charge in [-0.2, -0.15) is 0 Å². The van der Waals surface area contributed by atoms with Crippen molar-refractivity contribution < 1.29 is 33.6 Å². The SMILES string of the molecule is COc1cc(/C=C\C(=O)O)ccc1OCC(=O)NC[C@@H]1COc2ccccc2O1. The molecular weight excluding hydrogens is 378 g/mol. The summed E-state index contributed by atoms with van der Waals surface area (Å²) < 4.78 is 22.1. The molecule has 0 aliphatic carbocycles. The minimum atomic E-state index is -1.04. The zero-order chi connectivity index (χ0) is 20.6. The Balaban J connectivity index is 1.48. The van der Waals surface area contributed by atoms with Gasteiger partial charge in [-0.05, 0) is 35.9 Å². The number of ether oxygens (including phenoxy) is 4. The third kappa shape index (κ3) is 5.65. The predicted octanol–water partition coefficient (Wildman–Crippen LogP) is 2.13. The van der Waals surface area contributed by atoms with Gasteiger partial charge in [-0.3, -0.25) is 4.79 Å². The molecule has 0 radical (unpaired) electrons. The molecule has 0 fully saturated rings. The van der Waals surface area contributed by atoms with Gasteiger partial charge >= 0.3 is 5.97 Å². The number of carboxylic acid groups (broad SMARTS) is 1. The van der Waals surface area contributed by atoms with Crippen LogP contribution in [0.25, 0.3) is 6.08 Å². The van der Waals surface area contributed by atoms with Crippen LogP contribution >= 0.6 is 0 Å². The summed E-state index contributed by atoms with van der Waals surface area (Å²) in [4.78, 5) is 22.7. The van der Waals surface area contributed by atoms with Gasteiger partial charge in [-0.15, -0.1) is 0 Å². The fraction of sp³-hybridized carbons (Fsp3) is 0.238. The number of rotatable bonds is 8. The number of carbonyl (C=O) groups excluding carboxylic acids is 1. The fourth-order valence-corrected chi connectivity index (χ4v) is 2.66. The van der Waals surface area contributed by atoms with Gasteiger partial charge in [0.15, 0.2) is 29.6 Å². The molecule has 0 aromatic heterocycles. The first-order valence-electron chi connectivity index (χ1n) is 8.92. The highest BCUT2D eigenvalue weighted by Crippen LogP contribution is 2.31. The molecule has 152 valence electrons. The molecule has 8 nitrogen and oxygen atoms in total. The molecule has 1 heterocycles. The minimum absolute atomic E-state index is 0.204. The van der Waals surface area contributed by atoms with E-state index in [1.165, 1.54) is 13.2 Å². The van der Waals surface area contributed by atoms with E-state index in [9.17, 15) is 9.59 Å². The molecule has 29 heavy (non-hydrogen) atoms. The van der Waals surface area contributed by atoms with Crippen LogP contribution in [0.3, 0.4) is 0 Å². The number of amides is 1. The van der Waals surface area contributed by atoms with Gasteiger partial charge in [0.25, 0.3) is 5.91 Å². The number of fused-ring (bicyclic) bond motifs is 1. The van der Waals surface area contributed by atoms with Gasteiger partial charge < -0.3 is 29.4 Å². The molecule has 2 N–H and O–H groups in total. The van der Waals surface area contributed by atoms with Crippen molar-refractivity contribution in [3.05, 3.63) is 54.1 Å². The van der Waals surface area contributed by atoms with Crippen LogP contribution in [0.2, 0.25) is 0 Å². The van der Waals surface area contributed by atoms with Gasteiger partial charge in [0, 0.05) is 6.08 Å². The van der Waals surface area contributed by atoms with Crippen LogP contribution in [0.15, 0.2) is 48.5 Å². The molecule has 0 spiro atoms. The van der Waals surface area contributed by atoms with Crippen LogP contribution in [0.5, 0.6) is 23.0 Å². The lowest BCUT2D eigenvalue weighted by Gasteiger charge is -2.26. The molecule has 0 saturated carbocycles. The van der Waals surface area contributed by atoms with E-state index < -0.39 is 5.97 Å². The van der Waals surface area contributed by atoms with Gasteiger partial charge in [0.05, 0.1) is 13.7 Å². The van der Waals surface area contributed by atoms with E-state index >= 15 is 0 Å². The van der Waals surface area contributed by atoms with Crippen molar-refractivity contribution in [3.8, 4) is 23.0 Å². The zero-order valence-corrected chi connectivity index (χ0v) is 15.8. The quantitative estimate of drug-likeness (QED) is 0.656. The lowest BCUT2D eigenvalue weighted by molar-refractivity contribution is -0.131. The summed E-state index contributed by atoms with van der Waals surface area (Å²) >= 11 is 0. The number of hydrogen-bond donors (Lipinski definition) is 2. The zero-order valence-electron chi connectivity index (χ0n) is 15.8. The van der Waals surface area contributed by atoms with Crippen LogP contribution in [0.1, 0.15) is 5.56 Å².